The van der Waals surface area contributed by atoms with Crippen LogP contribution < -0.4 is 10.7 Å². The van der Waals surface area contributed by atoms with Crippen molar-refractivity contribution in [2.75, 3.05) is 0 Å². The van der Waals surface area contributed by atoms with E-state index in [2.05, 4.69) is 5.32 Å². The number of amides is 2. The molecule has 7 nitrogen and oxygen atoms in total. The van der Waals surface area contributed by atoms with Crippen molar-refractivity contribution in [3.63, 3.8) is 0 Å². The molecule has 27 heavy (non-hydrogen) atoms. The highest BCUT2D eigenvalue weighted by Gasteiger charge is 2.23. The molecular weight excluding hydrogens is 350 g/mol. The van der Waals surface area contributed by atoms with E-state index < -0.39 is 29.3 Å². The summed E-state index contributed by atoms with van der Waals surface area (Å²) in [7, 11) is 0. The first-order chi connectivity index (χ1) is 12.8. The van der Waals surface area contributed by atoms with Gasteiger partial charge in [-0.2, -0.15) is 0 Å². The monoisotopic (exact) mass is 371 g/mol. The van der Waals surface area contributed by atoms with E-state index in [1.54, 1.807) is 37.3 Å². The van der Waals surface area contributed by atoms with Gasteiger partial charge in [0.05, 0.1) is 0 Å². The summed E-state index contributed by atoms with van der Waals surface area (Å²) in [5, 5.41) is 2.18. The van der Waals surface area contributed by atoms with E-state index in [0.29, 0.717) is 12.0 Å². The molecule has 2 rings (SSSR count). The fourth-order valence-electron chi connectivity index (χ4n) is 2.30. The van der Waals surface area contributed by atoms with E-state index in [9.17, 15) is 19.2 Å². The average molecular weight is 371 g/mol. The molecule has 0 saturated heterocycles. The van der Waals surface area contributed by atoms with Crippen LogP contribution in [-0.2, 0) is 14.3 Å². The first-order valence-corrected chi connectivity index (χ1v) is 8.53. The number of benzene rings is 1. The van der Waals surface area contributed by atoms with E-state index in [4.69, 9.17) is 9.15 Å². The van der Waals surface area contributed by atoms with Crippen LogP contribution in [0.25, 0.3) is 0 Å². The fourth-order valence-corrected chi connectivity index (χ4v) is 2.30. The van der Waals surface area contributed by atoms with Crippen LogP contribution >= 0.6 is 0 Å². The second kappa shape index (κ2) is 8.93. The molecule has 0 aliphatic rings. The van der Waals surface area contributed by atoms with Gasteiger partial charge in [0.1, 0.15) is 11.8 Å². The Labute approximate surface area is 156 Å². The van der Waals surface area contributed by atoms with Gasteiger partial charge in [-0.1, -0.05) is 44.2 Å². The standard InChI is InChI=1S/C20H21NO6/c1-4-12(2)19(24)21-20(25)15-11-26-17(10-16(15)23)18(27-13(3)22)14-8-6-5-7-9-14/h5-12,18H,4H2,1-3H3,(H,21,24,25)/t12-,18+/m0/s1. The predicted molar refractivity (Wildman–Crippen MR) is 97.0 cm³/mol. The van der Waals surface area contributed by atoms with Crippen LogP contribution in [-0.4, -0.2) is 17.8 Å². The molecule has 0 aliphatic heterocycles. The van der Waals surface area contributed by atoms with Gasteiger partial charge in [-0.05, 0) is 6.42 Å². The summed E-state index contributed by atoms with van der Waals surface area (Å²) in [5.74, 6) is -2.12. The van der Waals surface area contributed by atoms with Crippen LogP contribution in [0.5, 0.6) is 0 Å². The number of rotatable bonds is 6. The minimum Gasteiger partial charge on any atom is -0.464 e. The number of carbonyl (C=O) groups excluding carboxylic acids is 3. The summed E-state index contributed by atoms with van der Waals surface area (Å²) in [6.45, 7) is 4.74. The third-order valence-corrected chi connectivity index (χ3v) is 4.04. The summed E-state index contributed by atoms with van der Waals surface area (Å²) in [6.07, 6.45) is 0.611. The van der Waals surface area contributed by atoms with Crippen molar-refractivity contribution in [1.29, 1.82) is 0 Å². The molecule has 1 heterocycles. The Morgan fingerprint density at radius 1 is 1.19 bits per heavy atom. The Kier molecular flexibility index (Phi) is 6.65. The lowest BCUT2D eigenvalue weighted by Gasteiger charge is -2.16. The van der Waals surface area contributed by atoms with Gasteiger partial charge in [-0.15, -0.1) is 0 Å². The normalized spacial score (nSPS) is 12.7. The number of esters is 1. The van der Waals surface area contributed by atoms with Crippen molar-refractivity contribution in [2.24, 2.45) is 5.92 Å². The summed E-state index contributed by atoms with van der Waals surface area (Å²) in [4.78, 5) is 47.8. The third kappa shape index (κ3) is 5.13. The molecule has 0 saturated carbocycles. The molecule has 2 aromatic rings. The van der Waals surface area contributed by atoms with Gasteiger partial charge in [0, 0.05) is 24.5 Å². The SMILES string of the molecule is CC[C@H](C)C(=O)NC(=O)c1coc([C@H](OC(C)=O)c2ccccc2)cc1=O. The van der Waals surface area contributed by atoms with Crippen LogP contribution in [0.2, 0.25) is 0 Å². The summed E-state index contributed by atoms with van der Waals surface area (Å²) >= 11 is 0. The molecule has 7 heteroatoms. The van der Waals surface area contributed by atoms with Gasteiger partial charge in [0.2, 0.25) is 5.91 Å². The van der Waals surface area contributed by atoms with Crippen molar-refractivity contribution >= 4 is 17.8 Å². The zero-order chi connectivity index (χ0) is 20.0. The van der Waals surface area contributed by atoms with Gasteiger partial charge in [0.15, 0.2) is 17.3 Å². The Morgan fingerprint density at radius 3 is 2.41 bits per heavy atom. The van der Waals surface area contributed by atoms with E-state index in [-0.39, 0.29) is 17.2 Å². The second-order valence-electron chi connectivity index (χ2n) is 6.09. The molecule has 0 fully saturated rings. The van der Waals surface area contributed by atoms with E-state index in [0.717, 1.165) is 12.3 Å². The van der Waals surface area contributed by atoms with Crippen LogP contribution in [0.3, 0.4) is 0 Å². The zero-order valence-electron chi connectivity index (χ0n) is 15.4. The van der Waals surface area contributed by atoms with Gasteiger partial charge >= 0.3 is 5.97 Å². The molecule has 2 atom stereocenters. The number of hydrogen-bond donors (Lipinski definition) is 1. The third-order valence-electron chi connectivity index (χ3n) is 4.04. The van der Waals surface area contributed by atoms with E-state index >= 15 is 0 Å². The highest BCUT2D eigenvalue weighted by Crippen LogP contribution is 2.25. The molecule has 2 amide bonds. The topological polar surface area (TPSA) is 103 Å². The zero-order valence-corrected chi connectivity index (χ0v) is 15.4. The van der Waals surface area contributed by atoms with Gasteiger partial charge < -0.3 is 9.15 Å². The largest absolute Gasteiger partial charge is 0.464 e. The minimum absolute atomic E-state index is 0.0752. The molecule has 0 spiro atoms. The maximum Gasteiger partial charge on any atom is 0.303 e. The Hall–Kier alpha value is -3.22. The summed E-state index contributed by atoms with van der Waals surface area (Å²) < 4.78 is 10.7. The van der Waals surface area contributed by atoms with Crippen molar-refractivity contribution in [1.82, 2.24) is 5.32 Å². The van der Waals surface area contributed by atoms with Crippen LogP contribution in [0.1, 0.15) is 55.0 Å². The van der Waals surface area contributed by atoms with Crippen LogP contribution in [0.15, 0.2) is 51.9 Å². The average Bonchev–Trinajstić information content (AvgIpc) is 2.65. The van der Waals surface area contributed by atoms with E-state index in [1.807, 2.05) is 6.92 Å². The quantitative estimate of drug-likeness (QED) is 0.783. The lowest BCUT2D eigenvalue weighted by atomic mass is 10.1. The first kappa shape index (κ1) is 20.1. The summed E-state index contributed by atoms with van der Waals surface area (Å²) in [5.41, 5.74) is -0.330. The highest BCUT2D eigenvalue weighted by molar-refractivity contribution is 6.04. The number of ether oxygens (including phenoxy) is 1. The molecule has 0 radical (unpaired) electrons. The number of carbonyl (C=O) groups is 3. The van der Waals surface area contributed by atoms with Crippen molar-refractivity contribution in [3.8, 4) is 0 Å². The molecule has 0 unspecified atom stereocenters. The maximum absolute atomic E-state index is 12.4. The van der Waals surface area contributed by atoms with Crippen LogP contribution in [0.4, 0.5) is 0 Å². The van der Waals surface area contributed by atoms with Crippen molar-refractivity contribution < 1.29 is 23.5 Å². The van der Waals surface area contributed by atoms with Gasteiger partial charge in [-0.3, -0.25) is 24.5 Å². The fraction of sp³-hybridized carbons (Fsp3) is 0.300. The maximum atomic E-state index is 12.4. The lowest BCUT2D eigenvalue weighted by Crippen LogP contribution is -2.36. The van der Waals surface area contributed by atoms with Gasteiger partial charge in [-0.25, -0.2) is 0 Å². The molecular formula is C20H21NO6. The minimum atomic E-state index is -0.921. The molecule has 1 aromatic carbocycles. The Morgan fingerprint density at radius 2 is 1.85 bits per heavy atom. The number of imide groups is 1. The molecule has 142 valence electrons. The smallest absolute Gasteiger partial charge is 0.303 e. The van der Waals surface area contributed by atoms with Crippen molar-refractivity contribution in [3.05, 3.63) is 69.8 Å². The van der Waals surface area contributed by atoms with Crippen LogP contribution in [0, 0.1) is 5.92 Å². The second-order valence-corrected chi connectivity index (χ2v) is 6.09. The Bertz CT molecular complexity index is 887. The number of nitrogens with one attached hydrogen (secondary N) is 1. The lowest BCUT2D eigenvalue weighted by molar-refractivity contribution is -0.145. The highest BCUT2D eigenvalue weighted by atomic mass is 16.5. The van der Waals surface area contributed by atoms with Crippen molar-refractivity contribution in [2.45, 2.75) is 33.3 Å². The van der Waals surface area contributed by atoms with Gasteiger partial charge in [0.25, 0.3) is 5.91 Å². The Balaban J connectivity index is 2.31. The summed E-state index contributed by atoms with van der Waals surface area (Å²) in [6, 6.07) is 9.84. The molecule has 0 aliphatic carbocycles. The first-order valence-electron chi connectivity index (χ1n) is 8.53. The molecule has 1 aromatic heterocycles. The van der Waals surface area contributed by atoms with E-state index in [1.165, 1.54) is 6.92 Å². The number of hydrogen-bond acceptors (Lipinski definition) is 6. The molecule has 0 bridgehead atoms. The molecule has 1 N–H and O–H groups in total. The predicted octanol–water partition coefficient (Wildman–Crippen LogP) is 2.59.